The minimum absolute atomic E-state index is 0.0256. The second-order valence-electron chi connectivity index (χ2n) is 4.03. The second-order valence-corrected chi connectivity index (χ2v) is 5.45. The Balaban J connectivity index is 2.39. The number of rotatable bonds is 3. The lowest BCUT2D eigenvalue weighted by Crippen LogP contribution is -2.03. The van der Waals surface area contributed by atoms with Gasteiger partial charge in [0.05, 0.1) is 10.5 Å². The number of carbonyl (C=O) groups is 1. The van der Waals surface area contributed by atoms with Crippen molar-refractivity contribution in [2.24, 2.45) is 0 Å². The number of benzene rings is 2. The topological polar surface area (TPSA) is 112 Å². The molecule has 0 amide bonds. The minimum atomic E-state index is -4.32. The monoisotopic (exact) mass is 294 g/mol. The molecule has 0 unspecified atom stereocenters. The Bertz CT molecular complexity index is 762. The summed E-state index contributed by atoms with van der Waals surface area (Å²) in [5.74, 6) is -1.10. The molecule has 0 atom stereocenters. The summed E-state index contributed by atoms with van der Waals surface area (Å²) >= 11 is 0. The van der Waals surface area contributed by atoms with Crippen LogP contribution in [0.15, 0.2) is 47.4 Å². The summed E-state index contributed by atoms with van der Waals surface area (Å²) < 4.78 is 30.6. The maximum Gasteiger partial charge on any atom is 0.294 e. The van der Waals surface area contributed by atoms with Crippen molar-refractivity contribution in [1.82, 2.24) is 0 Å². The molecule has 0 heterocycles. The number of aromatic hydroxyl groups is 2. The molecule has 2 rings (SSSR count). The number of hydrogen-bond donors (Lipinski definition) is 3. The highest BCUT2D eigenvalue weighted by Crippen LogP contribution is 2.25. The van der Waals surface area contributed by atoms with Gasteiger partial charge < -0.3 is 10.2 Å². The van der Waals surface area contributed by atoms with Crippen LogP contribution in [-0.4, -0.2) is 29.0 Å². The van der Waals surface area contributed by atoms with Crippen LogP contribution in [0.3, 0.4) is 0 Å². The van der Waals surface area contributed by atoms with Crippen molar-refractivity contribution >= 4 is 15.9 Å². The van der Waals surface area contributed by atoms with Crippen molar-refractivity contribution in [3.63, 3.8) is 0 Å². The van der Waals surface area contributed by atoms with Crippen LogP contribution < -0.4 is 0 Å². The van der Waals surface area contributed by atoms with Gasteiger partial charge in [-0.3, -0.25) is 9.35 Å². The van der Waals surface area contributed by atoms with Crippen LogP contribution in [0.25, 0.3) is 0 Å². The van der Waals surface area contributed by atoms with Crippen molar-refractivity contribution in [3.8, 4) is 11.5 Å². The molecular weight excluding hydrogens is 284 g/mol. The zero-order valence-corrected chi connectivity index (χ0v) is 10.8. The molecule has 0 aromatic heterocycles. The van der Waals surface area contributed by atoms with Crippen molar-refractivity contribution in [2.75, 3.05) is 0 Å². The van der Waals surface area contributed by atoms with E-state index in [0.29, 0.717) is 0 Å². The van der Waals surface area contributed by atoms with E-state index >= 15 is 0 Å². The second kappa shape index (κ2) is 4.95. The molecule has 0 saturated carbocycles. The van der Waals surface area contributed by atoms with Crippen LogP contribution in [-0.2, 0) is 10.1 Å². The number of phenolic OH excluding ortho intramolecular Hbond substituents is 2. The predicted molar refractivity (Wildman–Crippen MR) is 69.5 cm³/mol. The van der Waals surface area contributed by atoms with Gasteiger partial charge in [-0.2, -0.15) is 8.42 Å². The summed E-state index contributed by atoms with van der Waals surface area (Å²) in [6, 6.07) is 8.14. The van der Waals surface area contributed by atoms with Gasteiger partial charge in [0, 0.05) is 11.6 Å². The molecule has 2 aromatic rings. The molecular formula is C13H10O6S. The average Bonchev–Trinajstić information content (AvgIpc) is 2.37. The van der Waals surface area contributed by atoms with Crippen LogP contribution in [0.4, 0.5) is 0 Å². The highest BCUT2D eigenvalue weighted by molar-refractivity contribution is 7.85. The van der Waals surface area contributed by atoms with Gasteiger partial charge in [-0.25, -0.2) is 0 Å². The molecule has 0 spiro atoms. The van der Waals surface area contributed by atoms with Crippen LogP contribution >= 0.6 is 0 Å². The van der Waals surface area contributed by atoms with E-state index < -0.39 is 15.9 Å². The number of ketones is 1. The van der Waals surface area contributed by atoms with Crippen molar-refractivity contribution < 1.29 is 28.0 Å². The highest BCUT2D eigenvalue weighted by atomic mass is 32.2. The zero-order chi connectivity index (χ0) is 14.9. The first-order valence-corrected chi connectivity index (χ1v) is 6.87. The standard InChI is InChI=1S/C13H10O6S/c14-9-3-6-11(12(15)7-9)13(16)8-1-4-10(5-2-8)20(17,18)19/h1-7,14-15H,(H,17,18,19). The van der Waals surface area contributed by atoms with Crippen molar-refractivity contribution in [3.05, 3.63) is 53.6 Å². The van der Waals surface area contributed by atoms with Crippen molar-refractivity contribution in [1.29, 1.82) is 0 Å². The lowest BCUT2D eigenvalue weighted by molar-refractivity contribution is 0.103. The van der Waals surface area contributed by atoms with Gasteiger partial charge in [-0.05, 0) is 36.4 Å². The maximum atomic E-state index is 12.1. The third kappa shape index (κ3) is 2.79. The minimum Gasteiger partial charge on any atom is -0.508 e. The third-order valence-corrected chi connectivity index (χ3v) is 3.51. The van der Waals surface area contributed by atoms with Gasteiger partial charge in [0.15, 0.2) is 5.78 Å². The molecule has 0 radical (unpaired) electrons. The highest BCUT2D eigenvalue weighted by Gasteiger charge is 2.15. The molecule has 20 heavy (non-hydrogen) atoms. The molecule has 0 fully saturated rings. The summed E-state index contributed by atoms with van der Waals surface area (Å²) in [6.45, 7) is 0. The van der Waals surface area contributed by atoms with E-state index in [1.165, 1.54) is 24.3 Å². The van der Waals surface area contributed by atoms with Crippen LogP contribution in [0.2, 0.25) is 0 Å². The first-order chi connectivity index (χ1) is 9.29. The molecule has 0 bridgehead atoms. The molecule has 0 saturated heterocycles. The molecule has 3 N–H and O–H groups in total. The largest absolute Gasteiger partial charge is 0.508 e. The Kier molecular flexibility index (Phi) is 3.47. The average molecular weight is 294 g/mol. The molecule has 104 valence electrons. The summed E-state index contributed by atoms with van der Waals surface area (Å²) in [5.41, 5.74) is 0.112. The number of phenols is 2. The predicted octanol–water partition coefficient (Wildman–Crippen LogP) is 1.58. The van der Waals surface area contributed by atoms with Gasteiger partial charge in [0.2, 0.25) is 0 Å². The van der Waals surface area contributed by atoms with Gasteiger partial charge in [0.25, 0.3) is 10.1 Å². The summed E-state index contributed by atoms with van der Waals surface area (Å²) in [5, 5.41) is 18.7. The van der Waals surface area contributed by atoms with E-state index in [4.69, 9.17) is 9.66 Å². The third-order valence-electron chi connectivity index (χ3n) is 2.64. The molecule has 0 aliphatic rings. The normalized spacial score (nSPS) is 11.2. The smallest absolute Gasteiger partial charge is 0.294 e. The fourth-order valence-corrected chi connectivity index (χ4v) is 2.13. The number of carbonyl (C=O) groups excluding carboxylic acids is 1. The van der Waals surface area contributed by atoms with Crippen LogP contribution in [0, 0.1) is 0 Å². The summed E-state index contributed by atoms with van der Waals surface area (Å²) in [4.78, 5) is 11.8. The molecule has 0 aliphatic heterocycles. The quantitative estimate of drug-likeness (QED) is 0.585. The van der Waals surface area contributed by atoms with E-state index in [2.05, 4.69) is 0 Å². The zero-order valence-electron chi connectivity index (χ0n) is 10.0. The van der Waals surface area contributed by atoms with Crippen LogP contribution in [0.1, 0.15) is 15.9 Å². The fourth-order valence-electron chi connectivity index (χ4n) is 1.65. The molecule has 7 heteroatoms. The summed E-state index contributed by atoms with van der Waals surface area (Å²) in [7, 11) is -4.32. The Hall–Kier alpha value is -2.38. The van der Waals surface area contributed by atoms with Crippen LogP contribution in [0.5, 0.6) is 11.5 Å². The van der Waals surface area contributed by atoms with E-state index in [1.807, 2.05) is 0 Å². The lowest BCUT2D eigenvalue weighted by atomic mass is 10.0. The van der Waals surface area contributed by atoms with E-state index in [1.54, 1.807) is 0 Å². The number of hydrogen-bond acceptors (Lipinski definition) is 5. The maximum absolute atomic E-state index is 12.1. The SMILES string of the molecule is O=C(c1ccc(S(=O)(=O)O)cc1)c1ccc(O)cc1O. The van der Waals surface area contributed by atoms with Gasteiger partial charge in [-0.15, -0.1) is 0 Å². The first-order valence-electron chi connectivity index (χ1n) is 5.43. The van der Waals surface area contributed by atoms with Gasteiger partial charge in [0.1, 0.15) is 11.5 Å². The lowest BCUT2D eigenvalue weighted by Gasteiger charge is -2.05. The molecule has 2 aromatic carbocycles. The first kappa shape index (κ1) is 14.0. The molecule has 6 nitrogen and oxygen atoms in total. The van der Waals surface area contributed by atoms with E-state index in [0.717, 1.165) is 18.2 Å². The van der Waals surface area contributed by atoms with E-state index in [-0.39, 0.29) is 27.5 Å². The van der Waals surface area contributed by atoms with Gasteiger partial charge >= 0.3 is 0 Å². The Labute approximate surface area is 114 Å². The fraction of sp³-hybridized carbons (Fsp3) is 0. The summed E-state index contributed by atoms with van der Waals surface area (Å²) in [6.07, 6.45) is 0. The Morgan fingerprint density at radius 3 is 2.05 bits per heavy atom. The Morgan fingerprint density at radius 1 is 0.950 bits per heavy atom. The Morgan fingerprint density at radius 2 is 1.55 bits per heavy atom. The van der Waals surface area contributed by atoms with E-state index in [9.17, 15) is 18.3 Å². The van der Waals surface area contributed by atoms with Gasteiger partial charge in [-0.1, -0.05) is 0 Å². The van der Waals surface area contributed by atoms with Crippen molar-refractivity contribution in [2.45, 2.75) is 4.90 Å². The molecule has 0 aliphatic carbocycles.